The molecular weight excluding hydrogens is 259 g/mol. The van der Waals surface area contributed by atoms with Crippen molar-refractivity contribution in [3.05, 3.63) is 29.6 Å². The molecule has 0 aliphatic rings. The molecule has 0 unspecified atom stereocenters. The Balaban J connectivity index is 2.76. The molecule has 114 valence electrons. The maximum atomic E-state index is 13.4. The van der Waals surface area contributed by atoms with Crippen molar-refractivity contribution in [3.63, 3.8) is 0 Å². The van der Waals surface area contributed by atoms with Crippen molar-refractivity contribution in [1.29, 1.82) is 0 Å². The Morgan fingerprint density at radius 3 is 2.85 bits per heavy atom. The number of hydrogen-bond acceptors (Lipinski definition) is 4. The number of aliphatic hydroxyl groups is 1. The summed E-state index contributed by atoms with van der Waals surface area (Å²) < 4.78 is 18.4. The van der Waals surface area contributed by atoms with Crippen molar-refractivity contribution in [1.82, 2.24) is 5.32 Å². The van der Waals surface area contributed by atoms with E-state index in [4.69, 9.17) is 9.84 Å². The van der Waals surface area contributed by atoms with Gasteiger partial charge in [-0.25, -0.2) is 4.39 Å². The summed E-state index contributed by atoms with van der Waals surface area (Å²) >= 11 is 0. The lowest BCUT2D eigenvalue weighted by Crippen LogP contribution is -2.27. The van der Waals surface area contributed by atoms with Crippen LogP contribution in [0.5, 0.6) is 0 Å². The minimum atomic E-state index is -0.226. The second-order valence-corrected chi connectivity index (χ2v) is 4.60. The van der Waals surface area contributed by atoms with E-state index in [0.29, 0.717) is 19.6 Å². The lowest BCUT2D eigenvalue weighted by molar-refractivity contribution is 0.199. The fourth-order valence-electron chi connectivity index (χ4n) is 2.11. The zero-order valence-corrected chi connectivity index (χ0v) is 12.4. The van der Waals surface area contributed by atoms with E-state index in [2.05, 4.69) is 17.1 Å². The molecule has 5 heteroatoms. The highest BCUT2D eigenvalue weighted by molar-refractivity contribution is 5.53. The summed E-state index contributed by atoms with van der Waals surface area (Å²) in [6.45, 7) is 5.79. The summed E-state index contributed by atoms with van der Waals surface area (Å²) in [7, 11) is 1.66. The molecule has 0 radical (unpaired) electrons. The van der Waals surface area contributed by atoms with Gasteiger partial charge in [-0.3, -0.25) is 0 Å². The molecule has 0 aliphatic heterocycles. The van der Waals surface area contributed by atoms with E-state index in [1.807, 2.05) is 6.07 Å². The van der Waals surface area contributed by atoms with Crippen LogP contribution in [0.1, 0.15) is 18.9 Å². The van der Waals surface area contributed by atoms with Crippen molar-refractivity contribution in [2.24, 2.45) is 0 Å². The fourth-order valence-corrected chi connectivity index (χ4v) is 2.11. The summed E-state index contributed by atoms with van der Waals surface area (Å²) in [6, 6.07) is 4.86. The molecule has 0 amide bonds. The molecule has 1 aromatic carbocycles. The van der Waals surface area contributed by atoms with Gasteiger partial charge in [-0.15, -0.1) is 0 Å². The number of halogens is 1. The third-order valence-electron chi connectivity index (χ3n) is 3.15. The van der Waals surface area contributed by atoms with Gasteiger partial charge in [0.05, 0.1) is 6.61 Å². The number of nitrogens with zero attached hydrogens (tertiary/aromatic N) is 1. The minimum Gasteiger partial charge on any atom is -0.396 e. The molecule has 1 aromatic rings. The second kappa shape index (κ2) is 9.69. The molecule has 0 fully saturated rings. The molecule has 0 aromatic heterocycles. The van der Waals surface area contributed by atoms with Crippen LogP contribution in [0.3, 0.4) is 0 Å². The van der Waals surface area contributed by atoms with Crippen molar-refractivity contribution in [2.45, 2.75) is 19.9 Å². The van der Waals surface area contributed by atoms with E-state index < -0.39 is 0 Å². The number of anilines is 1. The third-order valence-corrected chi connectivity index (χ3v) is 3.15. The average Bonchev–Trinajstić information content (AvgIpc) is 2.46. The van der Waals surface area contributed by atoms with E-state index in [1.54, 1.807) is 13.2 Å². The normalized spacial score (nSPS) is 10.8. The molecule has 1 rings (SSSR count). The maximum absolute atomic E-state index is 13.4. The van der Waals surface area contributed by atoms with Crippen molar-refractivity contribution in [3.8, 4) is 0 Å². The number of ether oxygens (including phenoxy) is 1. The quantitative estimate of drug-likeness (QED) is 0.643. The fraction of sp³-hybridized carbons (Fsp3) is 0.600. The molecule has 4 nitrogen and oxygen atoms in total. The highest BCUT2D eigenvalue weighted by Crippen LogP contribution is 2.22. The van der Waals surface area contributed by atoms with Gasteiger partial charge in [0.1, 0.15) is 5.82 Å². The molecule has 0 saturated heterocycles. The van der Waals surface area contributed by atoms with Crippen LogP contribution in [0.15, 0.2) is 18.2 Å². The van der Waals surface area contributed by atoms with Crippen molar-refractivity contribution in [2.75, 3.05) is 44.9 Å². The summed E-state index contributed by atoms with van der Waals surface area (Å²) in [5, 5.41) is 12.2. The third kappa shape index (κ3) is 5.45. The largest absolute Gasteiger partial charge is 0.396 e. The van der Waals surface area contributed by atoms with E-state index in [1.165, 1.54) is 6.07 Å². The van der Waals surface area contributed by atoms with Crippen LogP contribution in [0.25, 0.3) is 0 Å². The van der Waals surface area contributed by atoms with Gasteiger partial charge in [0, 0.05) is 45.6 Å². The van der Waals surface area contributed by atoms with Crippen LogP contribution in [-0.2, 0) is 11.3 Å². The monoisotopic (exact) mass is 284 g/mol. The highest BCUT2D eigenvalue weighted by Gasteiger charge is 2.10. The Morgan fingerprint density at radius 1 is 1.40 bits per heavy atom. The van der Waals surface area contributed by atoms with Crippen LogP contribution in [0.4, 0.5) is 10.1 Å². The zero-order chi connectivity index (χ0) is 14.8. The Kier molecular flexibility index (Phi) is 8.18. The van der Waals surface area contributed by atoms with Gasteiger partial charge in [-0.2, -0.15) is 0 Å². The minimum absolute atomic E-state index is 0.166. The van der Waals surface area contributed by atoms with Gasteiger partial charge in [0.25, 0.3) is 0 Å². The van der Waals surface area contributed by atoms with Crippen LogP contribution >= 0.6 is 0 Å². The molecular formula is C15H25FN2O2. The first kappa shape index (κ1) is 16.9. The van der Waals surface area contributed by atoms with Gasteiger partial charge in [-0.05, 0) is 37.1 Å². The summed E-state index contributed by atoms with van der Waals surface area (Å²) in [5.41, 5.74) is 1.95. The van der Waals surface area contributed by atoms with Crippen molar-refractivity contribution >= 4 is 5.69 Å². The number of benzene rings is 1. The van der Waals surface area contributed by atoms with Gasteiger partial charge < -0.3 is 20.1 Å². The van der Waals surface area contributed by atoms with Crippen LogP contribution < -0.4 is 10.2 Å². The van der Waals surface area contributed by atoms with Crippen molar-refractivity contribution < 1.29 is 14.2 Å². The van der Waals surface area contributed by atoms with Gasteiger partial charge >= 0.3 is 0 Å². The molecule has 0 saturated carbocycles. The molecule has 20 heavy (non-hydrogen) atoms. The Morgan fingerprint density at radius 2 is 2.20 bits per heavy atom. The van der Waals surface area contributed by atoms with E-state index in [-0.39, 0.29) is 12.4 Å². The Bertz CT molecular complexity index is 388. The number of aliphatic hydroxyl groups excluding tert-OH is 1. The number of hydrogen-bond donors (Lipinski definition) is 2. The van der Waals surface area contributed by atoms with E-state index >= 15 is 0 Å². The zero-order valence-electron chi connectivity index (χ0n) is 12.4. The van der Waals surface area contributed by atoms with Crippen LogP contribution in [0.2, 0.25) is 0 Å². The standard InChI is InChI=1S/C15H25FN2O2/c1-3-18(8-4-9-19)15-6-5-14(16)11-13(15)12-17-7-10-20-2/h5-6,11,17,19H,3-4,7-10,12H2,1-2H3. The van der Waals surface area contributed by atoms with E-state index in [9.17, 15) is 4.39 Å². The SMILES string of the molecule is CCN(CCCO)c1ccc(F)cc1CNCCOC. The first-order valence-corrected chi connectivity index (χ1v) is 7.06. The maximum Gasteiger partial charge on any atom is 0.123 e. The average molecular weight is 284 g/mol. The highest BCUT2D eigenvalue weighted by atomic mass is 19.1. The topological polar surface area (TPSA) is 44.7 Å². The summed E-state index contributed by atoms with van der Waals surface area (Å²) in [4.78, 5) is 2.16. The molecule has 0 aliphatic carbocycles. The molecule has 0 heterocycles. The lowest BCUT2D eigenvalue weighted by Gasteiger charge is -2.25. The van der Waals surface area contributed by atoms with E-state index in [0.717, 1.165) is 30.9 Å². The van der Waals surface area contributed by atoms with Gasteiger partial charge in [0.15, 0.2) is 0 Å². The predicted octanol–water partition coefficient (Wildman–Crippen LogP) is 1.77. The number of rotatable bonds is 10. The smallest absolute Gasteiger partial charge is 0.123 e. The molecule has 2 N–H and O–H groups in total. The first-order valence-electron chi connectivity index (χ1n) is 7.06. The van der Waals surface area contributed by atoms with Gasteiger partial charge in [-0.1, -0.05) is 0 Å². The second-order valence-electron chi connectivity index (χ2n) is 4.60. The molecule has 0 spiro atoms. The first-order chi connectivity index (χ1) is 9.72. The molecule has 0 atom stereocenters. The van der Waals surface area contributed by atoms with Gasteiger partial charge in [0.2, 0.25) is 0 Å². The Hall–Kier alpha value is -1.17. The summed E-state index contributed by atoms with van der Waals surface area (Å²) in [5.74, 6) is -0.226. The predicted molar refractivity (Wildman–Crippen MR) is 79.6 cm³/mol. The number of methoxy groups -OCH3 is 1. The van der Waals surface area contributed by atoms with Crippen LogP contribution in [-0.4, -0.2) is 45.1 Å². The molecule has 0 bridgehead atoms. The number of nitrogens with one attached hydrogen (secondary N) is 1. The lowest BCUT2D eigenvalue weighted by atomic mass is 10.1. The summed E-state index contributed by atoms with van der Waals surface area (Å²) in [6.07, 6.45) is 0.710. The van der Waals surface area contributed by atoms with Crippen LogP contribution in [0, 0.1) is 5.82 Å². The Labute approximate surface area is 120 Å².